The summed E-state index contributed by atoms with van der Waals surface area (Å²) in [6.45, 7) is 5.89. The summed E-state index contributed by atoms with van der Waals surface area (Å²) < 4.78 is 23.8. The third-order valence-electron chi connectivity index (χ3n) is 4.31. The number of ether oxygens (including phenoxy) is 4. The Bertz CT molecular complexity index is 666. The van der Waals surface area contributed by atoms with Crippen molar-refractivity contribution >= 4 is 28.4 Å². The normalized spacial score (nSPS) is 31.5. The number of methoxy groups -OCH3 is 1. The van der Waals surface area contributed by atoms with Gasteiger partial charge in [0.15, 0.2) is 11.9 Å². The molecule has 2 aliphatic rings. The molecule has 130 valence electrons. The van der Waals surface area contributed by atoms with Crippen molar-refractivity contribution in [2.24, 2.45) is 0 Å². The average Bonchev–Trinajstić information content (AvgIpc) is 2.77. The lowest BCUT2D eigenvalue weighted by Gasteiger charge is -2.37. The average molecular weight is 444 g/mol. The Morgan fingerprint density at radius 2 is 1.88 bits per heavy atom. The molecule has 3 atom stereocenters. The summed E-state index contributed by atoms with van der Waals surface area (Å²) in [4.78, 5) is 12.6. The van der Waals surface area contributed by atoms with Crippen molar-refractivity contribution in [2.75, 3.05) is 7.11 Å². The van der Waals surface area contributed by atoms with Crippen LogP contribution in [-0.2, 0) is 25.6 Å². The first-order chi connectivity index (χ1) is 11.2. The van der Waals surface area contributed by atoms with E-state index in [1.165, 1.54) is 0 Å². The highest BCUT2D eigenvalue weighted by Gasteiger charge is 2.59. The molecule has 0 amide bonds. The van der Waals surface area contributed by atoms with Crippen LogP contribution in [0.1, 0.15) is 26.3 Å². The molecule has 0 aromatic heterocycles. The van der Waals surface area contributed by atoms with Crippen LogP contribution in [0.2, 0.25) is 0 Å². The number of rotatable bonds is 4. The number of hydrogen-bond acceptors (Lipinski definition) is 5. The number of halogens is 1. The van der Waals surface area contributed by atoms with Crippen LogP contribution in [0.5, 0.6) is 5.75 Å². The van der Waals surface area contributed by atoms with E-state index >= 15 is 0 Å². The van der Waals surface area contributed by atoms with Crippen LogP contribution in [-0.4, -0.2) is 36.5 Å². The van der Waals surface area contributed by atoms with Crippen molar-refractivity contribution in [1.82, 2.24) is 0 Å². The van der Waals surface area contributed by atoms with Crippen molar-refractivity contribution in [1.29, 1.82) is 0 Å². The minimum Gasteiger partial charge on any atom is -0.497 e. The Morgan fingerprint density at radius 3 is 2.50 bits per heavy atom. The zero-order valence-electron chi connectivity index (χ0n) is 14.2. The van der Waals surface area contributed by atoms with Crippen molar-refractivity contribution in [3.05, 3.63) is 39.5 Å². The first-order valence-corrected chi connectivity index (χ1v) is 8.87. The molecule has 0 bridgehead atoms. The molecule has 1 saturated heterocycles. The van der Waals surface area contributed by atoms with Gasteiger partial charge in [0.05, 0.1) is 17.3 Å². The monoisotopic (exact) mass is 444 g/mol. The predicted molar refractivity (Wildman–Crippen MR) is 97.1 cm³/mol. The van der Waals surface area contributed by atoms with Crippen LogP contribution >= 0.6 is 22.6 Å². The third kappa shape index (κ3) is 3.24. The summed E-state index contributed by atoms with van der Waals surface area (Å²) in [7, 11) is 1.63. The molecule has 24 heavy (non-hydrogen) atoms. The molecule has 0 radical (unpaired) electrons. The lowest BCUT2D eigenvalue weighted by atomic mass is 9.85. The minimum absolute atomic E-state index is 0.0656. The summed E-state index contributed by atoms with van der Waals surface area (Å²) in [6.07, 6.45) is 0.812. The van der Waals surface area contributed by atoms with E-state index in [-0.39, 0.29) is 11.9 Å². The Morgan fingerprint density at radius 1 is 1.21 bits per heavy atom. The summed E-state index contributed by atoms with van der Waals surface area (Å²) in [5.41, 5.74) is 0.133. The van der Waals surface area contributed by atoms with Gasteiger partial charge in [0.2, 0.25) is 5.78 Å². The zero-order chi connectivity index (χ0) is 17.5. The van der Waals surface area contributed by atoms with Crippen molar-refractivity contribution in [3.8, 4) is 5.75 Å². The van der Waals surface area contributed by atoms with Crippen molar-refractivity contribution < 1.29 is 23.7 Å². The van der Waals surface area contributed by atoms with Gasteiger partial charge in [-0.05, 0) is 67.1 Å². The van der Waals surface area contributed by atoms with E-state index in [0.29, 0.717) is 10.2 Å². The molecule has 6 heteroatoms. The van der Waals surface area contributed by atoms with Gasteiger partial charge in [0, 0.05) is 0 Å². The fourth-order valence-corrected chi connectivity index (χ4v) is 3.79. The van der Waals surface area contributed by atoms with E-state index in [1.54, 1.807) is 7.11 Å². The van der Waals surface area contributed by atoms with Crippen LogP contribution in [0.15, 0.2) is 33.9 Å². The number of benzene rings is 1. The smallest absolute Gasteiger partial charge is 0.200 e. The van der Waals surface area contributed by atoms with Crippen molar-refractivity contribution in [3.63, 3.8) is 0 Å². The summed E-state index contributed by atoms with van der Waals surface area (Å²) in [5.74, 6) is -0.0328. The van der Waals surface area contributed by atoms with Crippen LogP contribution in [0.4, 0.5) is 0 Å². The predicted octanol–water partition coefficient (Wildman–Crippen LogP) is 3.39. The summed E-state index contributed by atoms with van der Waals surface area (Å²) >= 11 is 2.04. The van der Waals surface area contributed by atoms with Crippen LogP contribution in [0, 0.1) is 0 Å². The SMILES string of the molecule is COc1ccc(CO[C@@H]2C(=O)C(I)=C[C@H]3OC(C)(C)O[C@@]23C)cc1. The Kier molecular flexibility index (Phi) is 4.76. The number of hydrogen-bond donors (Lipinski definition) is 0. The zero-order valence-corrected chi connectivity index (χ0v) is 16.3. The number of fused-ring (bicyclic) bond motifs is 1. The van der Waals surface area contributed by atoms with E-state index < -0.39 is 17.5 Å². The van der Waals surface area contributed by atoms with Gasteiger partial charge in [-0.1, -0.05) is 12.1 Å². The van der Waals surface area contributed by atoms with E-state index in [0.717, 1.165) is 11.3 Å². The number of carbonyl (C=O) groups excluding carboxylic acids is 1. The van der Waals surface area contributed by atoms with Gasteiger partial charge in [0.1, 0.15) is 17.5 Å². The maximum absolute atomic E-state index is 12.6. The Labute approximate surface area is 155 Å². The fourth-order valence-electron chi connectivity index (χ4n) is 3.18. The maximum Gasteiger partial charge on any atom is 0.200 e. The molecule has 5 nitrogen and oxygen atoms in total. The highest BCUT2D eigenvalue weighted by molar-refractivity contribution is 14.1. The van der Waals surface area contributed by atoms with Crippen molar-refractivity contribution in [2.45, 2.75) is 51.0 Å². The topological polar surface area (TPSA) is 54.0 Å². The van der Waals surface area contributed by atoms with Gasteiger partial charge in [-0.3, -0.25) is 4.79 Å². The van der Waals surface area contributed by atoms with Gasteiger partial charge < -0.3 is 18.9 Å². The lowest BCUT2D eigenvalue weighted by Crippen LogP contribution is -2.55. The number of ketones is 1. The molecule has 0 spiro atoms. The maximum atomic E-state index is 12.6. The molecule has 1 heterocycles. The molecule has 1 aromatic rings. The first-order valence-electron chi connectivity index (χ1n) is 7.79. The molecule has 1 aliphatic carbocycles. The van der Waals surface area contributed by atoms with E-state index in [2.05, 4.69) is 0 Å². The molecule has 1 aromatic carbocycles. The third-order valence-corrected chi connectivity index (χ3v) is 5.20. The quantitative estimate of drug-likeness (QED) is 0.667. The minimum atomic E-state index is -0.832. The molecular formula is C18H21IO5. The van der Waals surface area contributed by atoms with Gasteiger partial charge in [-0.15, -0.1) is 0 Å². The molecule has 1 aliphatic heterocycles. The van der Waals surface area contributed by atoms with Gasteiger partial charge in [-0.25, -0.2) is 0 Å². The summed E-state index contributed by atoms with van der Waals surface area (Å²) in [6, 6.07) is 7.58. The fraction of sp³-hybridized carbons (Fsp3) is 0.500. The van der Waals surface area contributed by atoms with Crippen LogP contribution < -0.4 is 4.74 Å². The van der Waals surface area contributed by atoms with Gasteiger partial charge in [0.25, 0.3) is 0 Å². The largest absolute Gasteiger partial charge is 0.497 e. The van der Waals surface area contributed by atoms with E-state index in [4.69, 9.17) is 18.9 Å². The Hall–Kier alpha value is -0.960. The van der Waals surface area contributed by atoms with Crippen LogP contribution in [0.3, 0.4) is 0 Å². The van der Waals surface area contributed by atoms with E-state index in [1.807, 2.05) is 73.7 Å². The summed E-state index contributed by atoms with van der Waals surface area (Å²) in [5, 5.41) is 0. The lowest BCUT2D eigenvalue weighted by molar-refractivity contribution is -0.189. The molecular weight excluding hydrogens is 423 g/mol. The van der Waals surface area contributed by atoms with Gasteiger partial charge in [-0.2, -0.15) is 0 Å². The first kappa shape index (κ1) is 17.8. The Balaban J connectivity index is 1.80. The standard InChI is InChI=1S/C18H21IO5/c1-17(2)23-14-9-13(19)15(20)16(18(14,3)24-17)22-10-11-5-7-12(21-4)8-6-11/h5-9,14,16H,10H2,1-4H3/t14-,16-,18-/m1/s1. The second kappa shape index (κ2) is 6.40. The molecule has 0 N–H and O–H groups in total. The highest BCUT2D eigenvalue weighted by Crippen LogP contribution is 2.45. The molecule has 0 saturated carbocycles. The molecule has 0 unspecified atom stereocenters. The molecule has 3 rings (SSSR count). The number of Topliss-reactive ketones (excluding diaryl/α,β-unsaturated/α-hetero) is 1. The van der Waals surface area contributed by atoms with Crippen LogP contribution in [0.25, 0.3) is 0 Å². The second-order valence-electron chi connectivity index (χ2n) is 6.64. The molecule has 1 fully saturated rings. The van der Waals surface area contributed by atoms with E-state index in [9.17, 15) is 4.79 Å². The van der Waals surface area contributed by atoms with Gasteiger partial charge >= 0.3 is 0 Å². The number of carbonyl (C=O) groups is 1. The highest BCUT2D eigenvalue weighted by atomic mass is 127. The second-order valence-corrected chi connectivity index (χ2v) is 7.80.